The Labute approximate surface area is 184 Å². The molecule has 0 amide bonds. The van der Waals surface area contributed by atoms with Crippen molar-refractivity contribution in [3.63, 3.8) is 0 Å². The van der Waals surface area contributed by atoms with E-state index in [2.05, 4.69) is 11.0 Å². The van der Waals surface area contributed by atoms with Gasteiger partial charge in [-0.15, -0.1) is 11.3 Å². The number of para-hydroxylation sites is 1. The molecule has 2 aromatic heterocycles. The Balaban J connectivity index is 1.54. The van der Waals surface area contributed by atoms with Crippen LogP contribution in [0.25, 0.3) is 10.9 Å². The van der Waals surface area contributed by atoms with Crippen LogP contribution < -0.4 is 11.2 Å². The first-order chi connectivity index (χ1) is 15.0. The summed E-state index contributed by atoms with van der Waals surface area (Å²) in [4.78, 5) is 41.7. The molecule has 0 N–H and O–H groups in total. The van der Waals surface area contributed by atoms with E-state index in [1.807, 2.05) is 24.4 Å². The third-order valence-electron chi connectivity index (χ3n) is 6.09. The summed E-state index contributed by atoms with van der Waals surface area (Å²) in [6, 6.07) is 11.2. The molecule has 8 heteroatoms. The monoisotopic (exact) mass is 441 g/mol. The molecule has 0 spiro atoms. The van der Waals surface area contributed by atoms with Crippen molar-refractivity contribution >= 4 is 28.2 Å². The number of likely N-dealkylation sites (tertiary alicyclic amines) is 1. The molecule has 2 atom stereocenters. The molecule has 0 bridgehead atoms. The number of rotatable bonds is 6. The average molecular weight is 442 g/mol. The predicted molar refractivity (Wildman–Crippen MR) is 122 cm³/mol. The lowest BCUT2D eigenvalue weighted by Crippen LogP contribution is -2.47. The number of carbonyl (C=O) groups is 1. The highest BCUT2D eigenvalue weighted by atomic mass is 32.1. The van der Waals surface area contributed by atoms with E-state index >= 15 is 0 Å². The number of esters is 1. The minimum Gasteiger partial charge on any atom is -0.466 e. The van der Waals surface area contributed by atoms with Crippen molar-refractivity contribution in [3.05, 3.63) is 67.5 Å². The molecule has 1 aliphatic rings. The van der Waals surface area contributed by atoms with Crippen LogP contribution in [0.2, 0.25) is 0 Å². The molecule has 1 fully saturated rings. The zero-order valence-electron chi connectivity index (χ0n) is 17.8. The van der Waals surface area contributed by atoms with Gasteiger partial charge in [0, 0.05) is 37.5 Å². The maximum Gasteiger partial charge on any atom is 0.331 e. The van der Waals surface area contributed by atoms with E-state index in [0.29, 0.717) is 30.6 Å². The second-order valence-corrected chi connectivity index (χ2v) is 8.86. The highest BCUT2D eigenvalue weighted by molar-refractivity contribution is 7.10. The Hall–Kier alpha value is -2.71. The fraction of sp³-hybridized carbons (Fsp3) is 0.435. The van der Waals surface area contributed by atoms with Gasteiger partial charge in [0.05, 0.1) is 23.4 Å². The number of ether oxygens (including phenoxy) is 1. The lowest BCUT2D eigenvalue weighted by atomic mass is 9.84. The minimum absolute atomic E-state index is 0.145. The number of hydrogen-bond acceptors (Lipinski definition) is 6. The topological polar surface area (TPSA) is 73.5 Å². The van der Waals surface area contributed by atoms with Gasteiger partial charge in [0.25, 0.3) is 5.56 Å². The molecule has 164 valence electrons. The molecule has 4 rings (SSSR count). The third kappa shape index (κ3) is 4.22. The van der Waals surface area contributed by atoms with E-state index in [1.54, 1.807) is 36.6 Å². The van der Waals surface area contributed by atoms with Crippen molar-refractivity contribution in [2.45, 2.75) is 25.8 Å². The van der Waals surface area contributed by atoms with Crippen molar-refractivity contribution in [1.29, 1.82) is 0 Å². The second-order valence-electron chi connectivity index (χ2n) is 7.89. The largest absolute Gasteiger partial charge is 0.466 e. The van der Waals surface area contributed by atoms with Gasteiger partial charge in [-0.05, 0) is 43.5 Å². The van der Waals surface area contributed by atoms with Crippen LogP contribution in [0.1, 0.15) is 24.1 Å². The van der Waals surface area contributed by atoms with Crippen molar-refractivity contribution in [2.24, 2.45) is 13.0 Å². The average Bonchev–Trinajstić information content (AvgIpc) is 3.32. The lowest BCUT2D eigenvalue weighted by Gasteiger charge is -2.37. The summed E-state index contributed by atoms with van der Waals surface area (Å²) in [5.41, 5.74) is 0.0427. The SMILES string of the molecule is CCOC(=O)[C@@H]1CN(CCn2c(=O)c3ccccc3n(C)c2=O)CCC1c1cccs1. The van der Waals surface area contributed by atoms with Crippen LogP contribution in [0, 0.1) is 5.92 Å². The van der Waals surface area contributed by atoms with Crippen molar-refractivity contribution in [1.82, 2.24) is 14.0 Å². The van der Waals surface area contributed by atoms with Gasteiger partial charge >= 0.3 is 11.7 Å². The van der Waals surface area contributed by atoms with E-state index in [-0.39, 0.29) is 35.6 Å². The molecular weight excluding hydrogens is 414 g/mol. The Kier molecular flexibility index (Phi) is 6.38. The number of piperidine rings is 1. The Bertz CT molecular complexity index is 1180. The van der Waals surface area contributed by atoms with E-state index in [9.17, 15) is 14.4 Å². The van der Waals surface area contributed by atoms with Crippen LogP contribution >= 0.6 is 11.3 Å². The van der Waals surface area contributed by atoms with E-state index < -0.39 is 0 Å². The van der Waals surface area contributed by atoms with Crippen molar-refractivity contribution in [3.8, 4) is 0 Å². The number of aryl methyl sites for hydroxylation is 1. The summed E-state index contributed by atoms with van der Waals surface area (Å²) in [5, 5.41) is 2.57. The van der Waals surface area contributed by atoms with Gasteiger partial charge in [-0.25, -0.2) is 4.79 Å². The maximum absolute atomic E-state index is 12.9. The van der Waals surface area contributed by atoms with Gasteiger partial charge in [0.15, 0.2) is 0 Å². The van der Waals surface area contributed by atoms with Gasteiger partial charge in [-0.1, -0.05) is 18.2 Å². The first kappa shape index (κ1) is 21.5. The molecule has 1 saturated heterocycles. The first-order valence-corrected chi connectivity index (χ1v) is 11.5. The summed E-state index contributed by atoms with van der Waals surface area (Å²) >= 11 is 1.67. The number of fused-ring (bicyclic) bond motifs is 1. The van der Waals surface area contributed by atoms with Crippen LogP contribution in [-0.4, -0.2) is 46.2 Å². The third-order valence-corrected chi connectivity index (χ3v) is 7.10. The van der Waals surface area contributed by atoms with Crippen LogP contribution in [0.4, 0.5) is 0 Å². The van der Waals surface area contributed by atoms with Gasteiger partial charge in [-0.3, -0.25) is 18.7 Å². The smallest absolute Gasteiger partial charge is 0.331 e. The normalized spacial score (nSPS) is 19.5. The number of thiophene rings is 1. The molecule has 1 unspecified atom stereocenters. The second kappa shape index (κ2) is 9.20. The van der Waals surface area contributed by atoms with Gasteiger partial charge < -0.3 is 9.64 Å². The zero-order valence-corrected chi connectivity index (χ0v) is 18.6. The number of aromatic nitrogens is 2. The van der Waals surface area contributed by atoms with Crippen LogP contribution in [0.5, 0.6) is 0 Å². The fourth-order valence-electron chi connectivity index (χ4n) is 4.46. The van der Waals surface area contributed by atoms with Crippen LogP contribution in [-0.2, 0) is 23.1 Å². The standard InChI is InChI=1S/C23H27N3O4S/c1-3-30-22(28)18-15-25(11-10-16(18)20-9-6-14-31-20)12-13-26-21(27)17-7-4-5-8-19(17)24(2)23(26)29/h4-9,14,16,18H,3,10-13,15H2,1-2H3/t16?,18-/m1/s1. The molecule has 1 aromatic carbocycles. The van der Waals surface area contributed by atoms with Gasteiger partial charge in [0.2, 0.25) is 0 Å². The molecule has 3 heterocycles. The Morgan fingerprint density at radius 3 is 2.71 bits per heavy atom. The van der Waals surface area contributed by atoms with E-state index in [4.69, 9.17) is 4.74 Å². The van der Waals surface area contributed by atoms with Gasteiger partial charge in [-0.2, -0.15) is 0 Å². The molecule has 3 aromatic rings. The molecule has 1 aliphatic heterocycles. The maximum atomic E-state index is 12.9. The highest BCUT2D eigenvalue weighted by Gasteiger charge is 2.36. The molecular formula is C23H27N3O4S. The van der Waals surface area contributed by atoms with Crippen LogP contribution in [0.15, 0.2) is 51.4 Å². The molecule has 0 saturated carbocycles. The highest BCUT2D eigenvalue weighted by Crippen LogP contribution is 2.36. The Morgan fingerprint density at radius 1 is 1.16 bits per heavy atom. The van der Waals surface area contributed by atoms with Crippen LogP contribution in [0.3, 0.4) is 0 Å². The summed E-state index contributed by atoms with van der Waals surface area (Å²) in [7, 11) is 1.68. The number of hydrogen-bond donors (Lipinski definition) is 0. The van der Waals surface area contributed by atoms with Crippen molar-refractivity contribution < 1.29 is 9.53 Å². The molecule has 7 nitrogen and oxygen atoms in total. The van der Waals surface area contributed by atoms with E-state index in [1.165, 1.54) is 14.0 Å². The summed E-state index contributed by atoms with van der Waals surface area (Å²) in [6.07, 6.45) is 0.842. The quantitative estimate of drug-likeness (QED) is 0.550. The van der Waals surface area contributed by atoms with Gasteiger partial charge in [0.1, 0.15) is 0 Å². The summed E-state index contributed by atoms with van der Waals surface area (Å²) in [6.45, 7) is 4.36. The zero-order chi connectivity index (χ0) is 22.0. The van der Waals surface area contributed by atoms with E-state index in [0.717, 1.165) is 13.0 Å². The molecule has 0 aliphatic carbocycles. The minimum atomic E-state index is -0.320. The van der Waals surface area contributed by atoms with Crippen molar-refractivity contribution in [2.75, 3.05) is 26.2 Å². The molecule has 0 radical (unpaired) electrons. The number of nitrogens with zero attached hydrogens (tertiary/aromatic N) is 3. The number of carbonyl (C=O) groups excluding carboxylic acids is 1. The first-order valence-electron chi connectivity index (χ1n) is 10.6. The lowest BCUT2D eigenvalue weighted by molar-refractivity contribution is -0.150. The Morgan fingerprint density at radius 2 is 1.97 bits per heavy atom. The summed E-state index contributed by atoms with van der Waals surface area (Å²) < 4.78 is 8.17. The number of benzene rings is 1. The predicted octanol–water partition coefficient (Wildman–Crippen LogP) is 2.43. The summed E-state index contributed by atoms with van der Waals surface area (Å²) in [5.74, 6) is -0.278. The fourth-order valence-corrected chi connectivity index (χ4v) is 5.38. The molecule has 31 heavy (non-hydrogen) atoms.